The van der Waals surface area contributed by atoms with Gasteiger partial charge in [0, 0.05) is 11.8 Å². The molecule has 9 heteroatoms. The normalized spacial score (nSPS) is 17.1. The molecular weight excluding hydrogens is 318 g/mol. The van der Waals surface area contributed by atoms with Crippen molar-refractivity contribution in [3.05, 3.63) is 45.1 Å². The highest BCUT2D eigenvalue weighted by molar-refractivity contribution is 5.95. The highest BCUT2D eigenvalue weighted by Crippen LogP contribution is 2.32. The molecule has 0 aromatic heterocycles. The first kappa shape index (κ1) is 17.3. The minimum atomic E-state index is -0.942. The Morgan fingerprint density at radius 2 is 2.12 bits per heavy atom. The van der Waals surface area contributed by atoms with Crippen molar-refractivity contribution >= 4 is 17.7 Å². The molecule has 0 fully saturated rings. The summed E-state index contributed by atoms with van der Waals surface area (Å²) in [6.45, 7) is 3.57. The van der Waals surface area contributed by atoms with Crippen molar-refractivity contribution in [2.75, 3.05) is 6.61 Å². The Morgan fingerprint density at radius 1 is 1.42 bits per heavy atom. The van der Waals surface area contributed by atoms with Gasteiger partial charge in [-0.15, -0.1) is 0 Å². The van der Waals surface area contributed by atoms with Crippen molar-refractivity contribution in [2.45, 2.75) is 26.3 Å². The van der Waals surface area contributed by atoms with E-state index < -0.39 is 34.4 Å². The summed E-state index contributed by atoms with van der Waals surface area (Å²) >= 11 is 0. The number of nitro benzene ring substituents is 1. The SMILES string of the molecule is CCCOC(=O)C1=C(C)NC(=O)N[C@@H]1c1ccc([O-])c([N+](=O)[O-])c1. The van der Waals surface area contributed by atoms with E-state index in [9.17, 15) is 24.8 Å². The van der Waals surface area contributed by atoms with E-state index >= 15 is 0 Å². The smallest absolute Gasteiger partial charge is 0.338 e. The van der Waals surface area contributed by atoms with Crippen molar-refractivity contribution in [2.24, 2.45) is 0 Å². The fourth-order valence-corrected chi connectivity index (χ4v) is 2.34. The number of ether oxygens (including phenoxy) is 1. The zero-order chi connectivity index (χ0) is 17.9. The molecule has 1 aromatic rings. The molecule has 2 N–H and O–H groups in total. The molecule has 2 amide bonds. The van der Waals surface area contributed by atoms with Crippen LogP contribution in [0.4, 0.5) is 10.5 Å². The average molecular weight is 334 g/mol. The Hall–Kier alpha value is -3.10. The molecule has 0 radical (unpaired) electrons. The number of rotatable bonds is 5. The predicted molar refractivity (Wildman–Crippen MR) is 80.9 cm³/mol. The molecule has 1 aliphatic heterocycles. The quantitative estimate of drug-likeness (QED) is 0.473. The Balaban J connectivity index is 2.47. The molecule has 9 nitrogen and oxygen atoms in total. The number of nitrogens with one attached hydrogen (secondary N) is 2. The lowest BCUT2D eigenvalue weighted by Gasteiger charge is -2.28. The standard InChI is InChI=1S/C15H17N3O6/c1-3-6-24-14(20)12-8(2)16-15(21)17-13(12)9-4-5-11(19)10(7-9)18(22)23/h4-5,7,13,19H,3,6H2,1-2H3,(H2,16,17,21)/p-1/t13-/m1/s1. The Kier molecular flexibility index (Phi) is 5.02. The molecule has 0 bridgehead atoms. The van der Waals surface area contributed by atoms with Crippen molar-refractivity contribution in [3.63, 3.8) is 0 Å². The summed E-state index contributed by atoms with van der Waals surface area (Å²) in [4.78, 5) is 34.1. The molecule has 1 aromatic carbocycles. The number of nitrogens with zero attached hydrogens (tertiary/aromatic N) is 1. The average Bonchev–Trinajstić information content (AvgIpc) is 2.52. The summed E-state index contributed by atoms with van der Waals surface area (Å²) in [6, 6.07) is 1.93. The highest BCUT2D eigenvalue weighted by Gasteiger charge is 2.32. The van der Waals surface area contributed by atoms with Gasteiger partial charge >= 0.3 is 12.0 Å². The topological polar surface area (TPSA) is 134 Å². The van der Waals surface area contributed by atoms with Crippen LogP contribution in [0.1, 0.15) is 31.9 Å². The summed E-state index contributed by atoms with van der Waals surface area (Å²) in [5, 5.41) is 27.5. The summed E-state index contributed by atoms with van der Waals surface area (Å²) in [5.41, 5.74) is 0.0489. The fourth-order valence-electron chi connectivity index (χ4n) is 2.34. The van der Waals surface area contributed by atoms with E-state index in [1.165, 1.54) is 13.0 Å². The van der Waals surface area contributed by atoms with Gasteiger partial charge in [0.15, 0.2) is 0 Å². The highest BCUT2D eigenvalue weighted by atomic mass is 16.6. The lowest BCUT2D eigenvalue weighted by atomic mass is 9.95. The monoisotopic (exact) mass is 334 g/mol. The zero-order valence-corrected chi connectivity index (χ0v) is 13.1. The van der Waals surface area contributed by atoms with Gasteiger partial charge in [0.25, 0.3) is 5.69 Å². The van der Waals surface area contributed by atoms with Crippen molar-refractivity contribution in [1.82, 2.24) is 10.6 Å². The predicted octanol–water partition coefficient (Wildman–Crippen LogP) is 1.25. The van der Waals surface area contributed by atoms with Gasteiger partial charge in [0.2, 0.25) is 0 Å². The van der Waals surface area contributed by atoms with Crippen LogP contribution in [0.3, 0.4) is 0 Å². The molecule has 1 atom stereocenters. The van der Waals surface area contributed by atoms with E-state index in [4.69, 9.17) is 4.74 Å². The van der Waals surface area contributed by atoms with Gasteiger partial charge in [-0.05, 0) is 24.7 Å². The molecule has 0 unspecified atom stereocenters. The summed E-state index contributed by atoms with van der Waals surface area (Å²) < 4.78 is 5.11. The maximum Gasteiger partial charge on any atom is 0.338 e. The maximum atomic E-state index is 12.3. The van der Waals surface area contributed by atoms with Gasteiger partial charge in [-0.2, -0.15) is 0 Å². The number of esters is 1. The fraction of sp³-hybridized carbons (Fsp3) is 0.333. The molecular formula is C15H16N3O6-. The van der Waals surface area contributed by atoms with Crippen LogP contribution in [0.5, 0.6) is 5.75 Å². The van der Waals surface area contributed by atoms with Crippen LogP contribution in [0, 0.1) is 10.1 Å². The third kappa shape index (κ3) is 3.45. The van der Waals surface area contributed by atoms with Gasteiger partial charge < -0.3 is 20.5 Å². The first-order valence-corrected chi connectivity index (χ1v) is 7.26. The molecule has 0 aliphatic carbocycles. The van der Waals surface area contributed by atoms with Crippen LogP contribution in [0.15, 0.2) is 29.5 Å². The maximum absolute atomic E-state index is 12.3. The molecule has 0 saturated carbocycles. The molecule has 1 heterocycles. The van der Waals surface area contributed by atoms with Gasteiger partial charge in [0.1, 0.15) is 0 Å². The van der Waals surface area contributed by atoms with Gasteiger partial charge in [-0.3, -0.25) is 10.1 Å². The minimum absolute atomic E-state index is 0.135. The Morgan fingerprint density at radius 3 is 2.75 bits per heavy atom. The van der Waals surface area contributed by atoms with Crippen molar-refractivity contribution < 1.29 is 24.4 Å². The van der Waals surface area contributed by atoms with Gasteiger partial charge in [-0.1, -0.05) is 19.1 Å². The second kappa shape index (κ2) is 6.99. The molecule has 128 valence electrons. The molecule has 2 rings (SSSR count). The lowest BCUT2D eigenvalue weighted by Crippen LogP contribution is -2.45. The van der Waals surface area contributed by atoms with Crippen LogP contribution in [-0.2, 0) is 9.53 Å². The number of carbonyl (C=O) groups excluding carboxylic acids is 2. The number of amides is 2. The van der Waals surface area contributed by atoms with E-state index in [1.54, 1.807) is 0 Å². The first-order chi connectivity index (χ1) is 11.3. The first-order valence-electron chi connectivity index (χ1n) is 7.26. The number of hydrogen-bond acceptors (Lipinski definition) is 6. The van der Waals surface area contributed by atoms with E-state index in [1.807, 2.05) is 6.92 Å². The van der Waals surface area contributed by atoms with Gasteiger partial charge in [0.05, 0.1) is 23.1 Å². The summed E-state index contributed by atoms with van der Waals surface area (Å²) in [5.74, 6) is -1.39. The largest absolute Gasteiger partial charge is 0.868 e. The third-order valence-corrected chi connectivity index (χ3v) is 3.44. The van der Waals surface area contributed by atoms with E-state index in [0.717, 1.165) is 12.1 Å². The molecule has 1 aliphatic rings. The van der Waals surface area contributed by atoms with Crippen molar-refractivity contribution in [3.8, 4) is 5.75 Å². The minimum Gasteiger partial charge on any atom is -0.868 e. The van der Waals surface area contributed by atoms with E-state index in [2.05, 4.69) is 10.6 Å². The number of nitro groups is 1. The zero-order valence-electron chi connectivity index (χ0n) is 13.1. The van der Waals surface area contributed by atoms with Crippen LogP contribution >= 0.6 is 0 Å². The summed E-state index contributed by atoms with van der Waals surface area (Å²) in [6.07, 6.45) is 0.624. The third-order valence-electron chi connectivity index (χ3n) is 3.44. The Labute approximate surface area is 137 Å². The van der Waals surface area contributed by atoms with Crippen LogP contribution in [0.25, 0.3) is 0 Å². The second-order valence-corrected chi connectivity index (χ2v) is 5.19. The lowest BCUT2D eigenvalue weighted by molar-refractivity contribution is -0.398. The Bertz CT molecular complexity index is 728. The molecule has 0 saturated heterocycles. The van der Waals surface area contributed by atoms with Crippen molar-refractivity contribution in [1.29, 1.82) is 0 Å². The molecule has 24 heavy (non-hydrogen) atoms. The number of urea groups is 1. The van der Waals surface area contributed by atoms with Crippen LogP contribution in [-0.4, -0.2) is 23.5 Å². The van der Waals surface area contributed by atoms with E-state index in [-0.39, 0.29) is 17.7 Å². The number of allylic oxidation sites excluding steroid dienone is 1. The number of benzene rings is 1. The van der Waals surface area contributed by atoms with E-state index in [0.29, 0.717) is 12.1 Å². The second-order valence-electron chi connectivity index (χ2n) is 5.19. The number of hydrogen-bond donors (Lipinski definition) is 2. The van der Waals surface area contributed by atoms with Crippen LogP contribution in [0.2, 0.25) is 0 Å². The summed E-state index contributed by atoms with van der Waals surface area (Å²) in [7, 11) is 0. The molecule has 0 spiro atoms. The van der Waals surface area contributed by atoms with Gasteiger partial charge in [-0.25, -0.2) is 9.59 Å². The number of carbonyl (C=O) groups is 2. The van der Waals surface area contributed by atoms with Crippen LogP contribution < -0.4 is 15.7 Å².